The Hall–Kier alpha value is -2.98. The SMILES string of the molecule is CC1(C)Cc2cccc(OCC(=O)N3CCN(S(=O)(=O)c4ccc5c(c4)OCCO5)CC3)c2O1. The Morgan fingerprint density at radius 3 is 2.53 bits per heavy atom. The van der Waals surface area contributed by atoms with Crippen molar-refractivity contribution in [3.63, 3.8) is 0 Å². The molecule has 0 aromatic heterocycles. The highest BCUT2D eigenvalue weighted by Crippen LogP contribution is 2.41. The van der Waals surface area contributed by atoms with Crippen LogP contribution in [0, 0.1) is 0 Å². The molecule has 3 heterocycles. The van der Waals surface area contributed by atoms with Gasteiger partial charge >= 0.3 is 0 Å². The fraction of sp³-hybridized carbons (Fsp3) is 0.458. The molecule has 0 atom stereocenters. The number of sulfonamides is 1. The molecule has 2 aromatic rings. The van der Waals surface area contributed by atoms with Gasteiger partial charge in [-0.2, -0.15) is 4.31 Å². The number of nitrogens with zero attached hydrogens (tertiary/aromatic N) is 2. The quantitative estimate of drug-likeness (QED) is 0.636. The van der Waals surface area contributed by atoms with Crippen LogP contribution in [0.15, 0.2) is 41.3 Å². The molecule has 9 nitrogen and oxygen atoms in total. The van der Waals surface area contributed by atoms with Crippen LogP contribution in [0.3, 0.4) is 0 Å². The Bertz CT molecular complexity index is 1200. The van der Waals surface area contributed by atoms with Gasteiger partial charge in [0.2, 0.25) is 10.0 Å². The van der Waals surface area contributed by atoms with E-state index in [0.717, 1.165) is 12.0 Å². The van der Waals surface area contributed by atoms with Crippen LogP contribution in [-0.2, 0) is 21.2 Å². The summed E-state index contributed by atoms with van der Waals surface area (Å²) < 4.78 is 50.4. The van der Waals surface area contributed by atoms with E-state index in [-0.39, 0.29) is 36.1 Å². The van der Waals surface area contributed by atoms with E-state index < -0.39 is 10.0 Å². The highest BCUT2D eigenvalue weighted by atomic mass is 32.2. The second-order valence-electron chi connectivity index (χ2n) is 9.16. The number of hydrogen-bond acceptors (Lipinski definition) is 7. The van der Waals surface area contributed by atoms with E-state index in [9.17, 15) is 13.2 Å². The van der Waals surface area contributed by atoms with Crippen LogP contribution < -0.4 is 18.9 Å². The van der Waals surface area contributed by atoms with Gasteiger partial charge in [-0.1, -0.05) is 12.1 Å². The number of amides is 1. The maximum atomic E-state index is 13.1. The molecule has 0 bridgehead atoms. The number of piperazine rings is 1. The zero-order chi connectivity index (χ0) is 23.9. The van der Waals surface area contributed by atoms with Crippen molar-refractivity contribution in [2.24, 2.45) is 0 Å². The van der Waals surface area contributed by atoms with Gasteiger partial charge in [0, 0.05) is 44.2 Å². The summed E-state index contributed by atoms with van der Waals surface area (Å²) in [5, 5.41) is 0. The Labute approximate surface area is 199 Å². The molecule has 2 aromatic carbocycles. The molecule has 0 spiro atoms. The van der Waals surface area contributed by atoms with Gasteiger partial charge in [0.05, 0.1) is 4.90 Å². The van der Waals surface area contributed by atoms with Gasteiger partial charge in [-0.25, -0.2) is 8.42 Å². The first-order chi connectivity index (χ1) is 16.2. The van der Waals surface area contributed by atoms with Crippen molar-refractivity contribution in [2.75, 3.05) is 46.0 Å². The third-order valence-corrected chi connectivity index (χ3v) is 8.04. The molecule has 5 rings (SSSR count). The zero-order valence-electron chi connectivity index (χ0n) is 19.3. The number of benzene rings is 2. The average molecular weight is 489 g/mol. The number of rotatable bonds is 5. The molecule has 3 aliphatic rings. The molecule has 0 saturated carbocycles. The molecular weight excluding hydrogens is 460 g/mol. The van der Waals surface area contributed by atoms with E-state index >= 15 is 0 Å². The molecule has 0 radical (unpaired) electrons. The van der Waals surface area contributed by atoms with E-state index in [4.69, 9.17) is 18.9 Å². The van der Waals surface area contributed by atoms with Crippen molar-refractivity contribution in [1.82, 2.24) is 9.21 Å². The highest BCUT2D eigenvalue weighted by molar-refractivity contribution is 7.89. The number of para-hydroxylation sites is 1. The summed E-state index contributed by atoms with van der Waals surface area (Å²) in [4.78, 5) is 14.5. The maximum absolute atomic E-state index is 13.1. The van der Waals surface area contributed by atoms with Crippen LogP contribution in [0.25, 0.3) is 0 Å². The minimum atomic E-state index is -3.71. The number of carbonyl (C=O) groups is 1. The molecule has 0 unspecified atom stereocenters. The van der Waals surface area contributed by atoms with Gasteiger partial charge in [-0.05, 0) is 32.0 Å². The van der Waals surface area contributed by atoms with Crippen LogP contribution in [0.2, 0.25) is 0 Å². The highest BCUT2D eigenvalue weighted by Gasteiger charge is 2.34. The molecule has 0 aliphatic carbocycles. The summed E-state index contributed by atoms with van der Waals surface area (Å²) in [6.07, 6.45) is 0.785. The lowest BCUT2D eigenvalue weighted by Gasteiger charge is -2.34. The summed E-state index contributed by atoms with van der Waals surface area (Å²) in [5.41, 5.74) is 0.762. The molecule has 3 aliphatic heterocycles. The van der Waals surface area contributed by atoms with Crippen LogP contribution >= 0.6 is 0 Å². The van der Waals surface area contributed by atoms with E-state index in [0.29, 0.717) is 49.3 Å². The molecule has 10 heteroatoms. The van der Waals surface area contributed by atoms with Crippen molar-refractivity contribution in [3.05, 3.63) is 42.0 Å². The molecular formula is C24H28N2O7S. The minimum Gasteiger partial charge on any atom is -0.486 e. The fourth-order valence-corrected chi connectivity index (χ4v) is 5.88. The van der Waals surface area contributed by atoms with Crippen LogP contribution in [-0.4, -0.2) is 75.1 Å². The molecule has 1 fully saturated rings. The van der Waals surface area contributed by atoms with Crippen molar-refractivity contribution < 1.29 is 32.2 Å². The van der Waals surface area contributed by atoms with Crippen LogP contribution in [0.4, 0.5) is 0 Å². The van der Waals surface area contributed by atoms with Crippen molar-refractivity contribution in [3.8, 4) is 23.0 Å². The van der Waals surface area contributed by atoms with Gasteiger partial charge < -0.3 is 23.8 Å². The van der Waals surface area contributed by atoms with Gasteiger partial charge in [0.15, 0.2) is 29.6 Å². The van der Waals surface area contributed by atoms with Gasteiger partial charge in [-0.15, -0.1) is 0 Å². The standard InChI is InChI=1S/C24H28N2O7S/c1-24(2)15-17-4-3-5-20(23(17)33-24)32-16-22(27)25-8-10-26(11-9-25)34(28,29)18-6-7-19-21(14-18)31-13-12-30-19/h3-7,14H,8-13,15-16H2,1-2H3. The van der Waals surface area contributed by atoms with E-state index in [2.05, 4.69) is 0 Å². The third-order valence-electron chi connectivity index (χ3n) is 6.15. The summed E-state index contributed by atoms with van der Waals surface area (Å²) in [7, 11) is -3.71. The molecule has 182 valence electrons. The summed E-state index contributed by atoms with van der Waals surface area (Å²) in [5.74, 6) is 2.02. The first kappa shape index (κ1) is 22.8. The predicted molar refractivity (Wildman–Crippen MR) is 123 cm³/mol. The summed E-state index contributed by atoms with van der Waals surface area (Å²) in [6, 6.07) is 10.3. The van der Waals surface area contributed by atoms with Crippen LogP contribution in [0.5, 0.6) is 23.0 Å². The second kappa shape index (κ2) is 8.66. The Morgan fingerprint density at radius 1 is 1.03 bits per heavy atom. The van der Waals surface area contributed by atoms with Gasteiger partial charge in [-0.3, -0.25) is 4.79 Å². The van der Waals surface area contributed by atoms with E-state index in [1.165, 1.54) is 16.4 Å². The van der Waals surface area contributed by atoms with Gasteiger partial charge in [0.25, 0.3) is 5.91 Å². The number of hydrogen-bond donors (Lipinski definition) is 0. The maximum Gasteiger partial charge on any atom is 0.260 e. The lowest BCUT2D eigenvalue weighted by molar-refractivity contribution is -0.134. The van der Waals surface area contributed by atoms with E-state index in [1.54, 1.807) is 17.0 Å². The monoisotopic (exact) mass is 488 g/mol. The molecule has 0 N–H and O–H groups in total. The summed E-state index contributed by atoms with van der Waals surface area (Å²) >= 11 is 0. The van der Waals surface area contributed by atoms with Crippen LogP contribution in [0.1, 0.15) is 19.4 Å². The lowest BCUT2D eigenvalue weighted by Crippen LogP contribution is -2.51. The van der Waals surface area contributed by atoms with Gasteiger partial charge in [0.1, 0.15) is 18.8 Å². The second-order valence-corrected chi connectivity index (χ2v) is 11.1. The Kier molecular flexibility index (Phi) is 5.81. The number of carbonyl (C=O) groups excluding carboxylic acids is 1. The average Bonchev–Trinajstić information content (AvgIpc) is 3.16. The minimum absolute atomic E-state index is 0.130. The summed E-state index contributed by atoms with van der Waals surface area (Å²) in [6.45, 7) is 5.73. The molecule has 34 heavy (non-hydrogen) atoms. The number of fused-ring (bicyclic) bond motifs is 2. The molecule has 1 saturated heterocycles. The Balaban J connectivity index is 1.18. The first-order valence-electron chi connectivity index (χ1n) is 11.3. The lowest BCUT2D eigenvalue weighted by atomic mass is 10.0. The van der Waals surface area contributed by atoms with Crippen molar-refractivity contribution in [1.29, 1.82) is 0 Å². The predicted octanol–water partition coefficient (Wildman–Crippen LogP) is 2.08. The van der Waals surface area contributed by atoms with E-state index in [1.807, 2.05) is 26.0 Å². The third kappa shape index (κ3) is 4.39. The van der Waals surface area contributed by atoms with Crippen molar-refractivity contribution in [2.45, 2.75) is 30.8 Å². The first-order valence-corrected chi connectivity index (χ1v) is 12.8. The number of ether oxygens (including phenoxy) is 4. The largest absolute Gasteiger partial charge is 0.486 e. The van der Waals surface area contributed by atoms with Crippen molar-refractivity contribution >= 4 is 15.9 Å². The fourth-order valence-electron chi connectivity index (χ4n) is 4.44. The smallest absolute Gasteiger partial charge is 0.260 e. The topological polar surface area (TPSA) is 94.6 Å². The zero-order valence-corrected chi connectivity index (χ0v) is 20.1. The Morgan fingerprint density at radius 2 is 1.76 bits per heavy atom. The molecule has 1 amide bonds. The normalized spacial score (nSPS) is 19.3.